The van der Waals surface area contributed by atoms with Crippen LogP contribution < -0.4 is 9.13 Å². The number of unbranched alkanes of at least 4 members (excludes halogenated alkanes) is 1. The maximum Gasteiger partial charge on any atom is 0.214 e. The van der Waals surface area contributed by atoms with E-state index in [1.54, 1.807) is 0 Å². The predicted molar refractivity (Wildman–Crippen MR) is 180 cm³/mol. The Morgan fingerprint density at radius 3 is 2.05 bits per heavy atom. The van der Waals surface area contributed by atoms with E-state index in [-0.39, 0.29) is 5.54 Å². The lowest BCUT2D eigenvalue weighted by Gasteiger charge is -2.36. The van der Waals surface area contributed by atoms with Gasteiger partial charge in [-0.25, -0.2) is 4.57 Å². The van der Waals surface area contributed by atoms with Crippen LogP contribution in [0.1, 0.15) is 68.7 Å². The molecule has 0 spiro atoms. The number of nitrogens with zero attached hydrogens (tertiary/aromatic N) is 2. The van der Waals surface area contributed by atoms with Crippen LogP contribution in [0, 0.1) is 6.92 Å². The average Bonchev–Trinajstić information content (AvgIpc) is 3.04. The van der Waals surface area contributed by atoms with Crippen LogP contribution in [0.15, 0.2) is 109 Å². The summed E-state index contributed by atoms with van der Waals surface area (Å²) in [6.07, 6.45) is 12.7. The van der Waals surface area contributed by atoms with Crippen molar-refractivity contribution in [2.45, 2.75) is 65.3 Å². The molecule has 0 amide bonds. The van der Waals surface area contributed by atoms with Crippen LogP contribution in [0.2, 0.25) is 0 Å². The lowest BCUT2D eigenvalue weighted by atomic mass is 9.73. The summed E-state index contributed by atoms with van der Waals surface area (Å²) < 4.78 is 4.88. The number of benzene rings is 3. The van der Waals surface area contributed by atoms with Gasteiger partial charge >= 0.3 is 0 Å². The van der Waals surface area contributed by atoms with E-state index in [1.807, 2.05) is 0 Å². The molecule has 2 aromatic heterocycles. The molecule has 3 heterocycles. The molecule has 0 bridgehead atoms. The molecule has 5 aromatic rings. The van der Waals surface area contributed by atoms with Crippen molar-refractivity contribution in [1.82, 2.24) is 0 Å². The van der Waals surface area contributed by atoms with Gasteiger partial charge in [0, 0.05) is 41.7 Å². The molecule has 2 nitrogen and oxygen atoms in total. The first-order valence-electron chi connectivity index (χ1n) is 16.0. The van der Waals surface area contributed by atoms with E-state index in [2.05, 4.69) is 159 Å². The van der Waals surface area contributed by atoms with E-state index in [1.165, 1.54) is 74.3 Å². The summed E-state index contributed by atoms with van der Waals surface area (Å²) in [5.41, 5.74) is 14.3. The van der Waals surface area contributed by atoms with Crippen molar-refractivity contribution in [2.24, 2.45) is 7.05 Å². The fraction of sp³-hybridized carbons (Fsp3) is 0.268. The lowest BCUT2D eigenvalue weighted by Crippen LogP contribution is -2.59. The van der Waals surface area contributed by atoms with Crippen molar-refractivity contribution in [3.8, 4) is 33.6 Å². The number of allylic oxidation sites excluding steroid dienone is 1. The Morgan fingerprint density at radius 1 is 0.674 bits per heavy atom. The molecule has 3 aromatic carbocycles. The maximum atomic E-state index is 2.63. The van der Waals surface area contributed by atoms with E-state index in [9.17, 15) is 0 Å². The van der Waals surface area contributed by atoms with Crippen molar-refractivity contribution in [3.63, 3.8) is 0 Å². The van der Waals surface area contributed by atoms with Crippen molar-refractivity contribution >= 4 is 11.6 Å². The third-order valence-electron chi connectivity index (χ3n) is 9.50. The largest absolute Gasteiger partial charge is 0.214 e. The molecule has 0 radical (unpaired) electrons. The van der Waals surface area contributed by atoms with Crippen LogP contribution in [0.4, 0.5) is 0 Å². The SMILES string of the molecule is CCCCc1cc2[n+](cc1-c1ccccc1)C(CC)(CC)C(=Cc1ccccc1-c1ccc(C)c[n+]1C)c1ccccc1-2. The second-order valence-electron chi connectivity index (χ2n) is 12.1. The van der Waals surface area contributed by atoms with Crippen molar-refractivity contribution in [2.75, 3.05) is 0 Å². The van der Waals surface area contributed by atoms with Crippen molar-refractivity contribution < 1.29 is 9.13 Å². The van der Waals surface area contributed by atoms with Gasteiger partial charge in [-0.15, -0.1) is 0 Å². The highest BCUT2D eigenvalue weighted by Crippen LogP contribution is 2.47. The van der Waals surface area contributed by atoms with Gasteiger partial charge in [0.05, 0.1) is 11.1 Å². The Morgan fingerprint density at radius 2 is 1.35 bits per heavy atom. The smallest absolute Gasteiger partial charge is 0.201 e. The summed E-state index contributed by atoms with van der Waals surface area (Å²) in [5.74, 6) is 0. The summed E-state index contributed by atoms with van der Waals surface area (Å²) in [6.45, 7) is 9.16. The molecule has 1 aliphatic heterocycles. The molecule has 1 aliphatic rings. The zero-order valence-electron chi connectivity index (χ0n) is 26.4. The van der Waals surface area contributed by atoms with E-state index in [0.29, 0.717) is 0 Å². The average molecular weight is 565 g/mol. The van der Waals surface area contributed by atoms with Gasteiger partial charge in [0.25, 0.3) is 0 Å². The van der Waals surface area contributed by atoms with Crippen LogP contribution >= 0.6 is 0 Å². The highest BCUT2D eigenvalue weighted by Gasteiger charge is 2.48. The van der Waals surface area contributed by atoms with E-state index < -0.39 is 0 Å². The zero-order chi connectivity index (χ0) is 30.0. The summed E-state index contributed by atoms with van der Waals surface area (Å²) >= 11 is 0. The second-order valence-corrected chi connectivity index (χ2v) is 12.1. The fourth-order valence-corrected chi connectivity index (χ4v) is 7.15. The molecule has 0 aliphatic carbocycles. The van der Waals surface area contributed by atoms with Crippen LogP contribution in [-0.4, -0.2) is 0 Å². The van der Waals surface area contributed by atoms with Gasteiger partial charge in [-0.2, -0.15) is 4.57 Å². The van der Waals surface area contributed by atoms with Gasteiger partial charge in [-0.3, -0.25) is 0 Å². The molecular weight excluding hydrogens is 520 g/mol. The van der Waals surface area contributed by atoms with Crippen LogP contribution in [-0.2, 0) is 19.0 Å². The van der Waals surface area contributed by atoms with Gasteiger partial charge in [0.15, 0.2) is 17.9 Å². The quantitative estimate of drug-likeness (QED) is 0.166. The molecule has 6 rings (SSSR count). The number of hydrogen-bond donors (Lipinski definition) is 0. The number of aromatic nitrogens is 2. The standard InChI is InChI=1S/C41H44N2/c1-6-9-17-33-27-40-36-23-16-15-22-35(36)38(26-32-20-13-14-21-34(32)39-25-24-30(4)28-42(39)5)41(7-2,8-3)43(40)29-37(33)31-18-11-10-12-19-31/h10-16,18-29H,6-9,17H2,1-5H3/q+2. The second kappa shape index (κ2) is 12.1. The first-order valence-corrected chi connectivity index (χ1v) is 16.0. The summed E-state index contributed by atoms with van der Waals surface area (Å²) in [5, 5.41) is 0. The fourth-order valence-electron chi connectivity index (χ4n) is 7.15. The van der Waals surface area contributed by atoms with Crippen LogP contribution in [0.3, 0.4) is 0 Å². The number of pyridine rings is 2. The Hall–Kier alpha value is -4.30. The molecule has 0 saturated carbocycles. The molecular formula is C41H44N2+2. The topological polar surface area (TPSA) is 7.76 Å². The Balaban J connectivity index is 1.64. The molecule has 0 N–H and O–H groups in total. The lowest BCUT2D eigenvalue weighted by molar-refractivity contribution is -0.741. The predicted octanol–water partition coefficient (Wildman–Crippen LogP) is 9.52. The Bertz CT molecular complexity index is 1790. The van der Waals surface area contributed by atoms with Crippen LogP contribution in [0.25, 0.3) is 45.3 Å². The van der Waals surface area contributed by atoms with Gasteiger partial charge in [0.2, 0.25) is 11.4 Å². The third kappa shape index (κ3) is 5.14. The molecule has 0 atom stereocenters. The minimum Gasteiger partial charge on any atom is -0.201 e. The first kappa shape index (κ1) is 28.8. The van der Waals surface area contributed by atoms with E-state index in [0.717, 1.165) is 19.3 Å². The molecule has 0 saturated heterocycles. The Kier molecular flexibility index (Phi) is 8.13. The van der Waals surface area contributed by atoms with E-state index in [4.69, 9.17) is 0 Å². The molecule has 43 heavy (non-hydrogen) atoms. The third-order valence-corrected chi connectivity index (χ3v) is 9.50. The zero-order valence-corrected chi connectivity index (χ0v) is 26.4. The summed E-state index contributed by atoms with van der Waals surface area (Å²) in [4.78, 5) is 0. The van der Waals surface area contributed by atoms with Gasteiger partial charge in [-0.05, 0) is 66.3 Å². The summed E-state index contributed by atoms with van der Waals surface area (Å²) in [6, 6.07) is 35.9. The normalized spacial score (nSPS) is 14.4. The van der Waals surface area contributed by atoms with Gasteiger partial charge in [0.1, 0.15) is 7.05 Å². The molecule has 0 fully saturated rings. The first-order chi connectivity index (χ1) is 21.0. The maximum absolute atomic E-state index is 2.63. The number of aryl methyl sites for hydroxylation is 3. The molecule has 2 heteroatoms. The highest BCUT2D eigenvalue weighted by molar-refractivity contribution is 5.94. The number of rotatable bonds is 8. The van der Waals surface area contributed by atoms with Crippen molar-refractivity contribution in [1.29, 1.82) is 0 Å². The van der Waals surface area contributed by atoms with Crippen molar-refractivity contribution in [3.05, 3.63) is 132 Å². The minimum absolute atomic E-state index is 0.181. The Labute approximate surface area is 258 Å². The molecule has 0 unspecified atom stereocenters. The monoisotopic (exact) mass is 564 g/mol. The van der Waals surface area contributed by atoms with Gasteiger partial charge in [-0.1, -0.05) is 93.9 Å². The molecule has 216 valence electrons. The number of fused-ring (bicyclic) bond motifs is 3. The minimum atomic E-state index is -0.181. The van der Waals surface area contributed by atoms with Crippen LogP contribution in [0.5, 0.6) is 0 Å². The summed E-state index contributed by atoms with van der Waals surface area (Å²) in [7, 11) is 2.15. The highest BCUT2D eigenvalue weighted by atomic mass is 15.1. The number of hydrogen-bond acceptors (Lipinski definition) is 0. The van der Waals surface area contributed by atoms with E-state index >= 15 is 0 Å². The van der Waals surface area contributed by atoms with Gasteiger partial charge < -0.3 is 0 Å².